The van der Waals surface area contributed by atoms with Gasteiger partial charge in [0.05, 0.1) is 18.8 Å². The van der Waals surface area contributed by atoms with Gasteiger partial charge in [0.15, 0.2) is 5.75 Å². The first-order valence-corrected chi connectivity index (χ1v) is 9.79. The van der Waals surface area contributed by atoms with E-state index in [2.05, 4.69) is 16.9 Å². The standard InChI is InChI=1S/C21H30N2O5/c1-14(24)16(18(26)27)10-20(2,3)11-17(25)28-15-12-22-19(23-13-15)21(4)8-6-5-7-9-21/h12-13,16H,5-11H2,1-4H3,(H,26,27). The molecule has 1 N–H and O–H groups in total. The first-order valence-electron chi connectivity index (χ1n) is 9.79. The Kier molecular flexibility index (Phi) is 6.91. The highest BCUT2D eigenvalue weighted by molar-refractivity contribution is 5.96. The second kappa shape index (κ2) is 8.80. The van der Waals surface area contributed by atoms with Crippen molar-refractivity contribution in [2.75, 3.05) is 0 Å². The lowest BCUT2D eigenvalue weighted by atomic mass is 9.75. The number of hydrogen-bond donors (Lipinski definition) is 1. The lowest BCUT2D eigenvalue weighted by Crippen LogP contribution is -2.30. The molecule has 1 saturated carbocycles. The molecule has 0 aromatic carbocycles. The van der Waals surface area contributed by atoms with Gasteiger partial charge in [-0.15, -0.1) is 0 Å². The zero-order valence-corrected chi connectivity index (χ0v) is 17.2. The number of aromatic nitrogens is 2. The van der Waals surface area contributed by atoms with E-state index in [0.717, 1.165) is 18.7 Å². The molecule has 0 radical (unpaired) electrons. The van der Waals surface area contributed by atoms with Crippen LogP contribution in [0.3, 0.4) is 0 Å². The van der Waals surface area contributed by atoms with Crippen LogP contribution in [0.4, 0.5) is 0 Å². The van der Waals surface area contributed by atoms with Gasteiger partial charge in [0.2, 0.25) is 0 Å². The molecule has 0 spiro atoms. The Labute approximate surface area is 165 Å². The van der Waals surface area contributed by atoms with Gasteiger partial charge < -0.3 is 9.84 Å². The molecule has 1 unspecified atom stereocenters. The molecular weight excluding hydrogens is 360 g/mol. The molecule has 0 saturated heterocycles. The molecule has 1 heterocycles. The number of nitrogens with zero attached hydrogens (tertiary/aromatic N) is 2. The largest absolute Gasteiger partial charge is 0.481 e. The van der Waals surface area contributed by atoms with E-state index in [1.807, 2.05) is 0 Å². The molecule has 2 rings (SSSR count). The number of hydrogen-bond acceptors (Lipinski definition) is 6. The van der Waals surface area contributed by atoms with Crippen molar-refractivity contribution < 1.29 is 24.2 Å². The van der Waals surface area contributed by atoms with Crippen molar-refractivity contribution in [3.8, 4) is 5.75 Å². The molecule has 1 aromatic rings. The van der Waals surface area contributed by atoms with E-state index >= 15 is 0 Å². The topological polar surface area (TPSA) is 106 Å². The van der Waals surface area contributed by atoms with Crippen molar-refractivity contribution in [1.82, 2.24) is 9.97 Å². The fourth-order valence-corrected chi connectivity index (χ4v) is 3.82. The minimum Gasteiger partial charge on any atom is -0.481 e. The van der Waals surface area contributed by atoms with Gasteiger partial charge in [-0.1, -0.05) is 40.0 Å². The van der Waals surface area contributed by atoms with E-state index in [0.29, 0.717) is 0 Å². The summed E-state index contributed by atoms with van der Waals surface area (Å²) in [6, 6.07) is 0. The average molecular weight is 390 g/mol. The number of carboxylic acid groups (broad SMARTS) is 1. The van der Waals surface area contributed by atoms with Crippen molar-refractivity contribution >= 4 is 17.7 Å². The number of ketones is 1. The highest BCUT2D eigenvalue weighted by Gasteiger charge is 2.34. The fraction of sp³-hybridized carbons (Fsp3) is 0.667. The summed E-state index contributed by atoms with van der Waals surface area (Å²) in [4.78, 5) is 43.8. The predicted molar refractivity (Wildman–Crippen MR) is 103 cm³/mol. The number of carboxylic acids is 1. The highest BCUT2D eigenvalue weighted by Crippen LogP contribution is 2.37. The van der Waals surface area contributed by atoms with Crippen molar-refractivity contribution in [1.29, 1.82) is 0 Å². The Morgan fingerprint density at radius 3 is 2.25 bits per heavy atom. The molecule has 28 heavy (non-hydrogen) atoms. The predicted octanol–water partition coefficient (Wildman–Crippen LogP) is 3.70. The van der Waals surface area contributed by atoms with E-state index in [1.165, 1.54) is 38.6 Å². The van der Waals surface area contributed by atoms with E-state index in [9.17, 15) is 19.5 Å². The summed E-state index contributed by atoms with van der Waals surface area (Å²) in [5, 5.41) is 9.18. The van der Waals surface area contributed by atoms with Crippen molar-refractivity contribution in [2.45, 2.75) is 78.1 Å². The number of Topliss-reactive ketones (excluding diaryl/α,β-unsaturated/α-hetero) is 1. The van der Waals surface area contributed by atoms with E-state index in [1.54, 1.807) is 13.8 Å². The summed E-state index contributed by atoms with van der Waals surface area (Å²) in [6.07, 6.45) is 8.79. The van der Waals surface area contributed by atoms with Crippen molar-refractivity contribution in [3.63, 3.8) is 0 Å². The fourth-order valence-electron chi connectivity index (χ4n) is 3.82. The zero-order valence-electron chi connectivity index (χ0n) is 17.2. The molecule has 0 aliphatic heterocycles. The van der Waals surface area contributed by atoms with Crippen LogP contribution in [0.1, 0.15) is 78.5 Å². The van der Waals surface area contributed by atoms with Crippen molar-refractivity contribution in [3.05, 3.63) is 18.2 Å². The van der Waals surface area contributed by atoms with Crippen LogP contribution >= 0.6 is 0 Å². The number of ether oxygens (including phenoxy) is 1. The third-order valence-corrected chi connectivity index (χ3v) is 5.53. The Balaban J connectivity index is 1.96. The monoisotopic (exact) mass is 390 g/mol. The molecule has 1 fully saturated rings. The van der Waals surface area contributed by atoms with E-state index in [4.69, 9.17) is 4.74 Å². The zero-order chi connectivity index (χ0) is 20.9. The van der Waals surface area contributed by atoms with Gasteiger partial charge in [0.1, 0.15) is 17.5 Å². The van der Waals surface area contributed by atoms with Gasteiger partial charge in [-0.25, -0.2) is 9.97 Å². The van der Waals surface area contributed by atoms with Crippen LogP contribution in [0.5, 0.6) is 5.75 Å². The summed E-state index contributed by atoms with van der Waals surface area (Å²) >= 11 is 0. The van der Waals surface area contributed by atoms with Crippen LogP contribution in [-0.2, 0) is 19.8 Å². The Hall–Kier alpha value is -2.31. The number of carbonyl (C=O) groups excluding carboxylic acids is 2. The van der Waals surface area contributed by atoms with Gasteiger partial charge in [0.25, 0.3) is 0 Å². The lowest BCUT2D eigenvalue weighted by Gasteiger charge is -2.31. The molecule has 1 atom stereocenters. The minimum atomic E-state index is -1.17. The van der Waals surface area contributed by atoms with Crippen LogP contribution in [0, 0.1) is 11.3 Å². The Bertz CT molecular complexity index is 707. The third-order valence-electron chi connectivity index (χ3n) is 5.53. The van der Waals surface area contributed by atoms with Gasteiger partial charge in [-0.3, -0.25) is 14.4 Å². The Morgan fingerprint density at radius 2 is 1.75 bits per heavy atom. The Morgan fingerprint density at radius 1 is 1.18 bits per heavy atom. The van der Waals surface area contributed by atoms with Gasteiger partial charge in [0, 0.05) is 5.41 Å². The van der Waals surface area contributed by atoms with E-state index < -0.39 is 29.1 Å². The average Bonchev–Trinajstić information content (AvgIpc) is 2.60. The minimum absolute atomic E-state index is 0.0104. The summed E-state index contributed by atoms with van der Waals surface area (Å²) in [6.45, 7) is 6.91. The quantitative estimate of drug-likeness (QED) is 0.533. The maximum Gasteiger partial charge on any atom is 0.314 e. The summed E-state index contributed by atoms with van der Waals surface area (Å²) < 4.78 is 5.33. The van der Waals surface area contributed by atoms with Crippen LogP contribution in [0.25, 0.3) is 0 Å². The molecule has 7 nitrogen and oxygen atoms in total. The number of esters is 1. The van der Waals surface area contributed by atoms with Crippen LogP contribution in [0.15, 0.2) is 12.4 Å². The number of carbonyl (C=O) groups is 3. The van der Waals surface area contributed by atoms with Crippen LogP contribution in [-0.4, -0.2) is 32.8 Å². The molecular formula is C21H30N2O5. The molecule has 1 aliphatic carbocycles. The van der Waals surface area contributed by atoms with Crippen molar-refractivity contribution in [2.24, 2.45) is 11.3 Å². The van der Waals surface area contributed by atoms with Crippen LogP contribution in [0.2, 0.25) is 0 Å². The van der Waals surface area contributed by atoms with E-state index in [-0.39, 0.29) is 24.0 Å². The molecule has 1 aromatic heterocycles. The smallest absolute Gasteiger partial charge is 0.314 e. The lowest BCUT2D eigenvalue weighted by molar-refractivity contribution is -0.148. The second-order valence-electron chi connectivity index (χ2n) is 8.88. The molecule has 154 valence electrons. The number of aliphatic carboxylic acids is 1. The third kappa shape index (κ3) is 5.84. The summed E-state index contributed by atoms with van der Waals surface area (Å²) in [5.41, 5.74) is -0.719. The summed E-state index contributed by atoms with van der Waals surface area (Å²) in [7, 11) is 0. The molecule has 1 aliphatic rings. The molecule has 0 amide bonds. The summed E-state index contributed by atoms with van der Waals surface area (Å²) in [5.74, 6) is -2.17. The first kappa shape index (κ1) is 22.0. The number of rotatable bonds is 8. The van der Waals surface area contributed by atoms with Gasteiger partial charge >= 0.3 is 11.9 Å². The normalized spacial score (nSPS) is 17.6. The maximum absolute atomic E-state index is 12.3. The van der Waals surface area contributed by atoms with Gasteiger partial charge in [-0.2, -0.15) is 0 Å². The second-order valence-corrected chi connectivity index (χ2v) is 8.88. The van der Waals surface area contributed by atoms with Gasteiger partial charge in [-0.05, 0) is 31.6 Å². The highest BCUT2D eigenvalue weighted by atomic mass is 16.5. The molecule has 7 heteroatoms. The molecule has 0 bridgehead atoms. The van der Waals surface area contributed by atoms with Crippen LogP contribution < -0.4 is 4.74 Å². The first-order chi connectivity index (χ1) is 13.0. The SMILES string of the molecule is CC(=O)C(CC(C)(C)CC(=O)Oc1cnc(C2(C)CCCCC2)nc1)C(=O)O. The maximum atomic E-state index is 12.3.